The molecule has 0 bridgehead atoms. The molecule has 1 N–H and O–H groups in total. The fraction of sp³-hybridized carbons (Fsp3) is 0.304. The lowest BCUT2D eigenvalue weighted by Gasteiger charge is -2.34. The molecule has 0 fully saturated rings. The van der Waals surface area contributed by atoms with Crippen molar-refractivity contribution in [3.05, 3.63) is 65.6 Å². The minimum Gasteiger partial charge on any atom is -0.340 e. The summed E-state index contributed by atoms with van der Waals surface area (Å²) < 4.78 is 27.1. The third kappa shape index (κ3) is 4.38. The van der Waals surface area contributed by atoms with Crippen LogP contribution in [0.25, 0.3) is 11.4 Å². The Morgan fingerprint density at radius 1 is 1.06 bits per heavy atom. The minimum absolute atomic E-state index is 0.0372. The smallest absolute Gasteiger partial charge is 0.228 e. The Kier molecular flexibility index (Phi) is 5.39. The summed E-state index contributed by atoms with van der Waals surface area (Å²) in [6, 6.07) is 7.20. The SMILES string of the molecule is CC(C)(C)C(=O)N1CCc2nc(-c3ccncc3)nc(Nc3ccc(F)c(F)c3)c2C1. The number of fused-ring (bicyclic) bond motifs is 1. The number of hydrogen-bond acceptors (Lipinski definition) is 5. The highest BCUT2D eigenvalue weighted by molar-refractivity contribution is 5.82. The zero-order chi connectivity index (χ0) is 22.2. The molecule has 8 heteroatoms. The average molecular weight is 423 g/mol. The number of rotatable bonds is 3. The molecular weight excluding hydrogens is 400 g/mol. The number of nitrogens with one attached hydrogen (secondary N) is 1. The first-order chi connectivity index (χ1) is 14.7. The van der Waals surface area contributed by atoms with Gasteiger partial charge in [-0.05, 0) is 24.3 Å². The van der Waals surface area contributed by atoms with Crippen LogP contribution in [0, 0.1) is 17.0 Å². The molecule has 0 saturated carbocycles. The van der Waals surface area contributed by atoms with E-state index >= 15 is 0 Å². The van der Waals surface area contributed by atoms with Crippen LogP contribution in [-0.2, 0) is 17.8 Å². The lowest BCUT2D eigenvalue weighted by Crippen LogP contribution is -2.42. The molecule has 0 atom stereocenters. The summed E-state index contributed by atoms with van der Waals surface area (Å²) in [7, 11) is 0. The fourth-order valence-electron chi connectivity index (χ4n) is 3.51. The number of amides is 1. The number of pyridine rings is 1. The first kappa shape index (κ1) is 20.8. The van der Waals surface area contributed by atoms with Crippen LogP contribution in [0.5, 0.6) is 0 Å². The van der Waals surface area contributed by atoms with Gasteiger partial charge in [0.2, 0.25) is 5.91 Å². The number of carbonyl (C=O) groups is 1. The van der Waals surface area contributed by atoms with Gasteiger partial charge in [-0.25, -0.2) is 18.7 Å². The number of anilines is 2. The van der Waals surface area contributed by atoms with E-state index in [2.05, 4.69) is 15.3 Å². The van der Waals surface area contributed by atoms with Gasteiger partial charge < -0.3 is 10.2 Å². The second-order valence-electron chi connectivity index (χ2n) is 8.54. The van der Waals surface area contributed by atoms with Crippen molar-refractivity contribution in [3.8, 4) is 11.4 Å². The van der Waals surface area contributed by atoms with Crippen molar-refractivity contribution < 1.29 is 13.6 Å². The van der Waals surface area contributed by atoms with Crippen molar-refractivity contribution in [3.63, 3.8) is 0 Å². The van der Waals surface area contributed by atoms with Gasteiger partial charge >= 0.3 is 0 Å². The van der Waals surface area contributed by atoms with E-state index in [1.807, 2.05) is 20.8 Å². The zero-order valence-corrected chi connectivity index (χ0v) is 17.6. The fourth-order valence-corrected chi connectivity index (χ4v) is 3.51. The number of nitrogens with zero attached hydrogens (tertiary/aromatic N) is 4. The Balaban J connectivity index is 1.77. The van der Waals surface area contributed by atoms with Crippen LogP contribution in [-0.4, -0.2) is 32.3 Å². The lowest BCUT2D eigenvalue weighted by molar-refractivity contribution is -0.140. The average Bonchev–Trinajstić information content (AvgIpc) is 2.75. The van der Waals surface area contributed by atoms with Crippen molar-refractivity contribution in [2.24, 2.45) is 5.41 Å². The summed E-state index contributed by atoms with van der Waals surface area (Å²) in [5.41, 5.74) is 2.23. The Labute approximate surface area is 179 Å². The molecule has 4 rings (SSSR count). The minimum atomic E-state index is -0.952. The Bertz CT molecular complexity index is 1130. The number of benzene rings is 1. The van der Waals surface area contributed by atoms with Gasteiger partial charge in [0.15, 0.2) is 17.5 Å². The van der Waals surface area contributed by atoms with Gasteiger partial charge in [0.05, 0.1) is 12.2 Å². The Morgan fingerprint density at radius 3 is 2.48 bits per heavy atom. The van der Waals surface area contributed by atoms with Gasteiger partial charge in [0.1, 0.15) is 5.82 Å². The molecule has 1 aliphatic rings. The first-order valence-corrected chi connectivity index (χ1v) is 10.0. The van der Waals surface area contributed by atoms with Gasteiger partial charge in [-0.15, -0.1) is 0 Å². The summed E-state index contributed by atoms with van der Waals surface area (Å²) in [5, 5.41) is 3.10. The van der Waals surface area contributed by atoms with Crippen molar-refractivity contribution in [1.29, 1.82) is 0 Å². The standard InChI is InChI=1S/C23H23F2N5O/c1-23(2,3)22(31)30-11-8-19-16(13-30)21(27-15-4-5-17(24)18(25)12-15)29-20(28-19)14-6-9-26-10-7-14/h4-7,9-10,12H,8,11,13H2,1-3H3,(H,27,28,29). The van der Waals surface area contributed by atoms with Crippen LogP contribution in [0.2, 0.25) is 0 Å². The summed E-state index contributed by atoms with van der Waals surface area (Å²) in [6.45, 7) is 6.55. The summed E-state index contributed by atoms with van der Waals surface area (Å²) in [5.74, 6) is -0.868. The maximum atomic E-state index is 13.8. The molecule has 1 amide bonds. The van der Waals surface area contributed by atoms with Gasteiger partial charge in [0, 0.05) is 53.7 Å². The van der Waals surface area contributed by atoms with Gasteiger partial charge in [-0.3, -0.25) is 9.78 Å². The molecule has 160 valence electrons. The van der Waals surface area contributed by atoms with Crippen LogP contribution < -0.4 is 5.32 Å². The van der Waals surface area contributed by atoms with Crippen molar-refractivity contribution >= 4 is 17.4 Å². The molecule has 31 heavy (non-hydrogen) atoms. The molecule has 2 aromatic heterocycles. The lowest BCUT2D eigenvalue weighted by atomic mass is 9.93. The van der Waals surface area contributed by atoms with Crippen molar-refractivity contribution in [2.75, 3.05) is 11.9 Å². The summed E-state index contributed by atoms with van der Waals surface area (Å²) >= 11 is 0. The molecule has 6 nitrogen and oxygen atoms in total. The maximum Gasteiger partial charge on any atom is 0.228 e. The molecule has 0 saturated heterocycles. The highest BCUT2D eigenvalue weighted by Gasteiger charge is 2.32. The maximum absolute atomic E-state index is 13.8. The predicted octanol–water partition coefficient (Wildman–Crippen LogP) is 4.49. The van der Waals surface area contributed by atoms with E-state index in [1.165, 1.54) is 6.07 Å². The second-order valence-corrected chi connectivity index (χ2v) is 8.54. The van der Waals surface area contributed by atoms with E-state index in [9.17, 15) is 13.6 Å². The Morgan fingerprint density at radius 2 is 1.81 bits per heavy atom. The van der Waals surface area contributed by atoms with Crippen LogP contribution >= 0.6 is 0 Å². The summed E-state index contributed by atoms with van der Waals surface area (Å²) in [4.78, 5) is 28.0. The number of carbonyl (C=O) groups excluding carboxylic acids is 1. The van der Waals surface area contributed by atoms with E-state index in [1.54, 1.807) is 29.4 Å². The molecule has 3 aromatic rings. The largest absolute Gasteiger partial charge is 0.340 e. The topological polar surface area (TPSA) is 71.0 Å². The normalized spacial score (nSPS) is 13.6. The quantitative estimate of drug-likeness (QED) is 0.672. The molecule has 0 spiro atoms. The van der Waals surface area contributed by atoms with E-state index in [0.717, 1.165) is 29.0 Å². The van der Waals surface area contributed by atoms with Crippen LogP contribution in [0.4, 0.5) is 20.3 Å². The number of aromatic nitrogens is 3. The molecule has 1 aromatic carbocycles. The van der Waals surface area contributed by atoms with E-state index in [0.29, 0.717) is 36.8 Å². The van der Waals surface area contributed by atoms with Crippen LogP contribution in [0.3, 0.4) is 0 Å². The van der Waals surface area contributed by atoms with Crippen molar-refractivity contribution in [2.45, 2.75) is 33.7 Å². The van der Waals surface area contributed by atoms with Crippen LogP contribution in [0.1, 0.15) is 32.0 Å². The van der Waals surface area contributed by atoms with E-state index in [4.69, 9.17) is 4.98 Å². The predicted molar refractivity (Wildman–Crippen MR) is 113 cm³/mol. The summed E-state index contributed by atoms with van der Waals surface area (Å²) in [6.07, 6.45) is 3.89. The second kappa shape index (κ2) is 8.02. The monoisotopic (exact) mass is 423 g/mol. The van der Waals surface area contributed by atoms with E-state index < -0.39 is 17.0 Å². The van der Waals surface area contributed by atoms with Gasteiger partial charge in [-0.2, -0.15) is 0 Å². The number of hydrogen-bond donors (Lipinski definition) is 1. The van der Waals surface area contributed by atoms with E-state index in [-0.39, 0.29) is 5.91 Å². The van der Waals surface area contributed by atoms with Crippen molar-refractivity contribution in [1.82, 2.24) is 19.9 Å². The molecular formula is C23H23F2N5O. The Hall–Kier alpha value is -3.42. The molecule has 1 aliphatic heterocycles. The molecule has 0 unspecified atom stereocenters. The number of halogens is 2. The zero-order valence-electron chi connectivity index (χ0n) is 17.6. The van der Waals surface area contributed by atoms with Crippen LogP contribution in [0.15, 0.2) is 42.7 Å². The highest BCUT2D eigenvalue weighted by atomic mass is 19.2. The third-order valence-corrected chi connectivity index (χ3v) is 5.11. The molecule has 0 aliphatic carbocycles. The third-order valence-electron chi connectivity index (χ3n) is 5.11. The first-order valence-electron chi connectivity index (χ1n) is 10.0. The highest BCUT2D eigenvalue weighted by Crippen LogP contribution is 2.31. The molecule has 0 radical (unpaired) electrons. The van der Waals surface area contributed by atoms with Gasteiger partial charge in [-0.1, -0.05) is 20.8 Å². The molecule has 3 heterocycles. The van der Waals surface area contributed by atoms with Gasteiger partial charge in [0.25, 0.3) is 0 Å².